The molecule has 1 saturated heterocycles. The molecule has 2 aliphatic rings. The summed E-state index contributed by atoms with van der Waals surface area (Å²) in [4.78, 5) is 28.1. The van der Waals surface area contributed by atoms with E-state index in [1.54, 1.807) is 30.3 Å². The minimum absolute atomic E-state index is 0.0515. The molecule has 2 aliphatic heterocycles. The van der Waals surface area contributed by atoms with Gasteiger partial charge in [-0.2, -0.15) is 0 Å². The largest absolute Gasteiger partial charge is 0.507 e. The van der Waals surface area contributed by atoms with E-state index in [2.05, 4.69) is 6.58 Å². The molecule has 36 heavy (non-hydrogen) atoms. The van der Waals surface area contributed by atoms with E-state index in [9.17, 15) is 14.7 Å². The molecular formula is C30H27NO5. The number of carbonyl (C=O) groups excluding carboxylic acids is 2. The predicted molar refractivity (Wildman–Crippen MR) is 137 cm³/mol. The standard InChI is InChI=1S/C30H27NO5/c1-3-15-35-24-12-9-21(10-13-24)27-26(28(32)22-11-14-25-23(17-22)16-19(2)36-25)29(33)30(34)31(27)18-20-7-5-4-6-8-20/h3-14,17,19,27,32H,1,15-16,18H2,2H3. The maximum atomic E-state index is 13.3. The molecule has 2 atom stereocenters. The van der Waals surface area contributed by atoms with Crippen molar-refractivity contribution >= 4 is 17.4 Å². The summed E-state index contributed by atoms with van der Waals surface area (Å²) >= 11 is 0. The summed E-state index contributed by atoms with van der Waals surface area (Å²) in [5.74, 6) is -0.120. The second kappa shape index (κ2) is 9.74. The molecule has 0 aliphatic carbocycles. The number of benzene rings is 3. The van der Waals surface area contributed by atoms with Crippen LogP contribution in [0.25, 0.3) is 5.76 Å². The number of hydrogen-bond donors (Lipinski definition) is 1. The molecule has 0 radical (unpaired) electrons. The maximum Gasteiger partial charge on any atom is 0.295 e. The van der Waals surface area contributed by atoms with Crippen LogP contribution in [0.3, 0.4) is 0 Å². The number of rotatable bonds is 7. The molecule has 2 heterocycles. The lowest BCUT2D eigenvalue weighted by Crippen LogP contribution is -2.29. The Morgan fingerprint density at radius 2 is 1.86 bits per heavy atom. The van der Waals surface area contributed by atoms with Gasteiger partial charge in [0.05, 0.1) is 11.6 Å². The van der Waals surface area contributed by atoms with E-state index >= 15 is 0 Å². The first kappa shape index (κ1) is 23.4. The van der Waals surface area contributed by atoms with Crippen molar-refractivity contribution in [1.82, 2.24) is 4.90 Å². The summed E-state index contributed by atoms with van der Waals surface area (Å²) in [6, 6.07) is 21.3. The molecule has 0 bridgehead atoms. The molecule has 6 nitrogen and oxygen atoms in total. The van der Waals surface area contributed by atoms with Gasteiger partial charge < -0.3 is 19.5 Å². The third-order valence-corrected chi connectivity index (χ3v) is 6.47. The molecule has 0 spiro atoms. The number of ketones is 1. The van der Waals surface area contributed by atoms with Crippen molar-refractivity contribution in [2.45, 2.75) is 32.0 Å². The highest BCUT2D eigenvalue weighted by molar-refractivity contribution is 6.46. The maximum absolute atomic E-state index is 13.3. The van der Waals surface area contributed by atoms with Gasteiger partial charge in [0.1, 0.15) is 30.0 Å². The highest BCUT2D eigenvalue weighted by Crippen LogP contribution is 2.41. The van der Waals surface area contributed by atoms with Crippen molar-refractivity contribution in [2.75, 3.05) is 6.61 Å². The van der Waals surface area contributed by atoms with Crippen molar-refractivity contribution in [2.24, 2.45) is 0 Å². The van der Waals surface area contributed by atoms with Crippen molar-refractivity contribution < 1.29 is 24.2 Å². The number of nitrogens with zero attached hydrogens (tertiary/aromatic N) is 1. The molecule has 1 N–H and O–H groups in total. The lowest BCUT2D eigenvalue weighted by molar-refractivity contribution is -0.140. The van der Waals surface area contributed by atoms with E-state index < -0.39 is 17.7 Å². The summed E-state index contributed by atoms with van der Waals surface area (Å²) in [7, 11) is 0. The Morgan fingerprint density at radius 1 is 1.11 bits per heavy atom. The van der Waals surface area contributed by atoms with Crippen LogP contribution in [0, 0.1) is 0 Å². The molecule has 182 valence electrons. The van der Waals surface area contributed by atoms with Gasteiger partial charge in [-0.1, -0.05) is 55.1 Å². The Labute approximate surface area is 210 Å². The second-order valence-corrected chi connectivity index (χ2v) is 9.04. The van der Waals surface area contributed by atoms with Gasteiger partial charge in [0.2, 0.25) is 0 Å². The Morgan fingerprint density at radius 3 is 2.58 bits per heavy atom. The molecule has 2 unspecified atom stereocenters. The van der Waals surface area contributed by atoms with E-state index in [0.717, 1.165) is 16.9 Å². The average Bonchev–Trinajstić information content (AvgIpc) is 3.39. The molecule has 1 amide bonds. The van der Waals surface area contributed by atoms with E-state index in [1.807, 2.05) is 55.5 Å². The minimum atomic E-state index is -0.748. The minimum Gasteiger partial charge on any atom is -0.507 e. The van der Waals surface area contributed by atoms with Crippen LogP contribution in [0.4, 0.5) is 0 Å². The molecule has 0 saturated carbocycles. The average molecular weight is 482 g/mol. The first-order valence-corrected chi connectivity index (χ1v) is 11.9. The van der Waals surface area contributed by atoms with Crippen LogP contribution < -0.4 is 9.47 Å². The van der Waals surface area contributed by atoms with Gasteiger partial charge in [-0.25, -0.2) is 0 Å². The summed E-state index contributed by atoms with van der Waals surface area (Å²) < 4.78 is 11.4. The zero-order valence-corrected chi connectivity index (χ0v) is 20.0. The zero-order chi connectivity index (χ0) is 25.2. The van der Waals surface area contributed by atoms with Crippen LogP contribution in [-0.4, -0.2) is 34.4 Å². The number of ether oxygens (including phenoxy) is 2. The molecule has 5 rings (SSSR count). The highest BCUT2D eigenvalue weighted by Gasteiger charge is 2.46. The van der Waals surface area contributed by atoms with Crippen molar-refractivity contribution in [3.8, 4) is 11.5 Å². The molecule has 6 heteroatoms. The van der Waals surface area contributed by atoms with E-state index in [0.29, 0.717) is 29.9 Å². The molecular weight excluding hydrogens is 454 g/mol. The number of aliphatic hydroxyl groups is 1. The lowest BCUT2D eigenvalue weighted by Gasteiger charge is -2.25. The number of carbonyl (C=O) groups is 2. The van der Waals surface area contributed by atoms with Gasteiger partial charge >= 0.3 is 0 Å². The third kappa shape index (κ3) is 4.38. The van der Waals surface area contributed by atoms with Crippen LogP contribution in [0.5, 0.6) is 11.5 Å². The number of aliphatic hydroxyl groups excluding tert-OH is 1. The number of fused-ring (bicyclic) bond motifs is 1. The van der Waals surface area contributed by atoms with Crippen molar-refractivity contribution in [1.29, 1.82) is 0 Å². The first-order chi connectivity index (χ1) is 17.5. The van der Waals surface area contributed by atoms with Crippen LogP contribution in [-0.2, 0) is 22.6 Å². The van der Waals surface area contributed by atoms with Crippen LogP contribution in [0.2, 0.25) is 0 Å². The zero-order valence-electron chi connectivity index (χ0n) is 20.0. The van der Waals surface area contributed by atoms with Gasteiger partial charge in [-0.3, -0.25) is 9.59 Å². The summed E-state index contributed by atoms with van der Waals surface area (Å²) in [5, 5.41) is 11.4. The van der Waals surface area contributed by atoms with Crippen LogP contribution in [0.15, 0.2) is 91.0 Å². The molecule has 1 fully saturated rings. The Hall–Kier alpha value is -4.32. The number of Topliss-reactive ketones (excluding diaryl/α,β-unsaturated/α-hetero) is 1. The Balaban J connectivity index is 1.59. The monoisotopic (exact) mass is 481 g/mol. The lowest BCUT2D eigenvalue weighted by atomic mass is 9.94. The topological polar surface area (TPSA) is 76.1 Å². The third-order valence-electron chi connectivity index (χ3n) is 6.47. The van der Waals surface area contributed by atoms with Gasteiger partial charge in [0, 0.05) is 18.5 Å². The van der Waals surface area contributed by atoms with Gasteiger partial charge in [0.15, 0.2) is 0 Å². The number of amides is 1. The first-order valence-electron chi connectivity index (χ1n) is 11.9. The Kier molecular flexibility index (Phi) is 6.34. The summed E-state index contributed by atoms with van der Waals surface area (Å²) in [6.07, 6.45) is 2.43. The second-order valence-electron chi connectivity index (χ2n) is 9.04. The smallest absolute Gasteiger partial charge is 0.295 e. The molecule has 3 aromatic carbocycles. The summed E-state index contributed by atoms with van der Waals surface area (Å²) in [6.45, 7) is 6.24. The SMILES string of the molecule is C=CCOc1ccc(C2C(=C(O)c3ccc4c(c3)CC(C)O4)C(=O)C(=O)N2Cc2ccccc2)cc1. The summed E-state index contributed by atoms with van der Waals surface area (Å²) in [5.41, 5.74) is 3.11. The predicted octanol–water partition coefficient (Wildman–Crippen LogP) is 5.20. The quantitative estimate of drug-likeness (QED) is 0.217. The highest BCUT2D eigenvalue weighted by atomic mass is 16.5. The van der Waals surface area contributed by atoms with Crippen molar-refractivity contribution in [3.63, 3.8) is 0 Å². The fourth-order valence-corrected chi connectivity index (χ4v) is 4.80. The fraction of sp³-hybridized carbons (Fsp3) is 0.200. The van der Waals surface area contributed by atoms with Gasteiger partial charge in [-0.05, 0) is 53.9 Å². The molecule has 0 aromatic heterocycles. The van der Waals surface area contributed by atoms with Crippen LogP contribution in [0.1, 0.15) is 35.2 Å². The number of likely N-dealkylation sites (tertiary alicyclic amines) is 1. The Bertz CT molecular complexity index is 1340. The molecule has 3 aromatic rings. The van der Waals surface area contributed by atoms with E-state index in [4.69, 9.17) is 9.47 Å². The van der Waals surface area contributed by atoms with Crippen LogP contribution >= 0.6 is 0 Å². The van der Waals surface area contributed by atoms with E-state index in [1.165, 1.54) is 4.90 Å². The van der Waals surface area contributed by atoms with Gasteiger partial charge in [0.25, 0.3) is 11.7 Å². The number of hydrogen-bond acceptors (Lipinski definition) is 5. The van der Waals surface area contributed by atoms with Gasteiger partial charge in [-0.15, -0.1) is 0 Å². The normalized spacial score (nSPS) is 20.2. The van der Waals surface area contributed by atoms with E-state index in [-0.39, 0.29) is 24.0 Å². The fourth-order valence-electron chi connectivity index (χ4n) is 4.80. The van der Waals surface area contributed by atoms with Crippen molar-refractivity contribution in [3.05, 3.63) is 113 Å².